The van der Waals surface area contributed by atoms with Crippen molar-refractivity contribution in [3.05, 3.63) is 87.9 Å². The lowest BCUT2D eigenvalue weighted by atomic mass is 10.0. The molecule has 0 atom stereocenters. The van der Waals surface area contributed by atoms with E-state index in [9.17, 15) is 13.2 Å². The molecule has 0 N–H and O–H groups in total. The first-order valence-corrected chi connectivity index (χ1v) is 12.2. The van der Waals surface area contributed by atoms with Gasteiger partial charge < -0.3 is 9.47 Å². The number of Topliss-reactive ketones (excluding diaryl/α,β-unsaturated/α-hetero) is 1. The van der Waals surface area contributed by atoms with Crippen molar-refractivity contribution in [2.45, 2.75) is 24.0 Å². The van der Waals surface area contributed by atoms with Gasteiger partial charge in [-0.15, -0.1) is 0 Å². The average molecular weight is 503 g/mol. The molecular formula is C24H23BrO5S. The Labute approximate surface area is 191 Å². The summed E-state index contributed by atoms with van der Waals surface area (Å²) in [6, 6.07) is 19.0. The molecule has 0 aliphatic rings. The third kappa shape index (κ3) is 5.74. The summed E-state index contributed by atoms with van der Waals surface area (Å²) in [4.78, 5) is 12.8. The quantitative estimate of drug-likeness (QED) is 0.373. The van der Waals surface area contributed by atoms with Gasteiger partial charge in [0.1, 0.15) is 16.4 Å². The van der Waals surface area contributed by atoms with Gasteiger partial charge in [0.2, 0.25) is 0 Å². The van der Waals surface area contributed by atoms with Crippen LogP contribution in [0.25, 0.3) is 0 Å². The maximum absolute atomic E-state index is 13.0. The third-order valence-electron chi connectivity index (χ3n) is 4.72. The summed E-state index contributed by atoms with van der Waals surface area (Å²) in [7, 11) is -2.07. The zero-order chi connectivity index (χ0) is 22.4. The van der Waals surface area contributed by atoms with Crippen LogP contribution in [0.15, 0.2) is 76.1 Å². The Bertz CT molecular complexity index is 1170. The highest BCUT2D eigenvalue weighted by Crippen LogP contribution is 2.30. The maximum atomic E-state index is 13.0. The number of benzene rings is 3. The van der Waals surface area contributed by atoms with Gasteiger partial charge in [-0.1, -0.05) is 58.4 Å². The summed E-state index contributed by atoms with van der Waals surface area (Å²) in [6.45, 7) is 2.17. The largest absolute Gasteiger partial charge is 0.496 e. The van der Waals surface area contributed by atoms with Crippen molar-refractivity contribution < 1.29 is 22.7 Å². The maximum Gasteiger partial charge on any atom is 0.186 e. The molecule has 0 bridgehead atoms. The molecule has 0 unspecified atom stereocenters. The first-order chi connectivity index (χ1) is 14.8. The lowest BCUT2D eigenvalue weighted by Gasteiger charge is -2.12. The van der Waals surface area contributed by atoms with E-state index in [1.807, 2.05) is 24.3 Å². The zero-order valence-corrected chi connectivity index (χ0v) is 19.7. The molecule has 0 spiro atoms. The van der Waals surface area contributed by atoms with E-state index in [-0.39, 0.29) is 22.9 Å². The number of ketones is 1. The Morgan fingerprint density at radius 2 is 1.68 bits per heavy atom. The highest BCUT2D eigenvalue weighted by Gasteiger charge is 2.21. The van der Waals surface area contributed by atoms with Crippen LogP contribution in [0.5, 0.6) is 11.5 Å². The van der Waals surface area contributed by atoms with Crippen LogP contribution in [0.1, 0.15) is 28.4 Å². The number of para-hydroxylation sites is 1. The van der Waals surface area contributed by atoms with Crippen LogP contribution in [0.4, 0.5) is 0 Å². The van der Waals surface area contributed by atoms with E-state index in [1.54, 1.807) is 56.5 Å². The molecule has 3 rings (SSSR count). The number of hydrogen-bond acceptors (Lipinski definition) is 5. The molecule has 0 aromatic heterocycles. The van der Waals surface area contributed by atoms with Gasteiger partial charge >= 0.3 is 0 Å². The molecular weight excluding hydrogens is 480 g/mol. The summed E-state index contributed by atoms with van der Waals surface area (Å²) in [6.07, 6.45) is 0.206. The fourth-order valence-electron chi connectivity index (χ4n) is 3.21. The monoisotopic (exact) mass is 502 g/mol. The van der Waals surface area contributed by atoms with Gasteiger partial charge in [-0.2, -0.15) is 0 Å². The van der Waals surface area contributed by atoms with E-state index >= 15 is 0 Å². The number of sulfone groups is 1. The molecule has 162 valence electrons. The number of rotatable bonds is 9. The number of ether oxygens (including phenoxy) is 2. The van der Waals surface area contributed by atoms with Crippen LogP contribution < -0.4 is 9.47 Å². The van der Waals surface area contributed by atoms with Gasteiger partial charge in [-0.05, 0) is 36.8 Å². The van der Waals surface area contributed by atoms with Crippen LogP contribution in [0.3, 0.4) is 0 Å². The van der Waals surface area contributed by atoms with Crippen LogP contribution in [0.2, 0.25) is 0 Å². The van der Waals surface area contributed by atoms with Crippen molar-refractivity contribution in [2.24, 2.45) is 0 Å². The molecule has 5 nitrogen and oxygen atoms in total. The molecule has 31 heavy (non-hydrogen) atoms. The molecule has 0 fully saturated rings. The molecule has 0 amide bonds. The van der Waals surface area contributed by atoms with Crippen molar-refractivity contribution >= 4 is 31.6 Å². The molecule has 3 aromatic rings. The Morgan fingerprint density at radius 1 is 0.968 bits per heavy atom. The van der Waals surface area contributed by atoms with Crippen molar-refractivity contribution in [1.29, 1.82) is 0 Å². The highest BCUT2D eigenvalue weighted by molar-refractivity contribution is 9.10. The summed E-state index contributed by atoms with van der Waals surface area (Å²) < 4.78 is 37.4. The number of carbonyl (C=O) groups is 1. The fraction of sp³-hybridized carbons (Fsp3) is 0.208. The van der Waals surface area contributed by atoms with E-state index < -0.39 is 9.84 Å². The van der Waals surface area contributed by atoms with Crippen molar-refractivity contribution in [1.82, 2.24) is 0 Å². The predicted octanol–water partition coefficient (Wildman–Crippen LogP) is 5.26. The zero-order valence-electron chi connectivity index (χ0n) is 17.3. The summed E-state index contributed by atoms with van der Waals surface area (Å²) in [5, 5.41) is 0. The SMILES string of the molecule is CCOc1ccc(Br)cc1S(=O)(=O)Cc1ccc(C(=O)Cc2ccccc2OC)cc1. The number of halogens is 1. The van der Waals surface area contributed by atoms with E-state index in [1.165, 1.54) is 0 Å². The third-order valence-corrected chi connectivity index (χ3v) is 6.91. The molecule has 3 aromatic carbocycles. The molecule has 0 aliphatic heterocycles. The number of methoxy groups -OCH3 is 1. The molecule has 0 heterocycles. The topological polar surface area (TPSA) is 69.7 Å². The van der Waals surface area contributed by atoms with Crippen molar-refractivity contribution in [2.75, 3.05) is 13.7 Å². The minimum absolute atomic E-state index is 0.0653. The van der Waals surface area contributed by atoms with Gasteiger partial charge in [0, 0.05) is 22.0 Å². The van der Waals surface area contributed by atoms with E-state index in [0.29, 0.717) is 33.7 Å². The lowest BCUT2D eigenvalue weighted by molar-refractivity contribution is 0.0992. The summed E-state index contributed by atoms with van der Waals surface area (Å²) in [5.41, 5.74) is 1.92. The number of hydrogen-bond donors (Lipinski definition) is 0. The molecule has 0 saturated carbocycles. The van der Waals surface area contributed by atoms with Crippen LogP contribution in [-0.2, 0) is 22.0 Å². The lowest BCUT2D eigenvalue weighted by Crippen LogP contribution is -2.09. The van der Waals surface area contributed by atoms with Gasteiger partial charge in [0.05, 0.1) is 19.5 Å². The Morgan fingerprint density at radius 3 is 2.35 bits per heavy atom. The molecule has 0 radical (unpaired) electrons. The normalized spacial score (nSPS) is 11.2. The van der Waals surface area contributed by atoms with Crippen molar-refractivity contribution in [3.8, 4) is 11.5 Å². The van der Waals surface area contributed by atoms with Gasteiger partial charge in [0.15, 0.2) is 15.6 Å². The van der Waals surface area contributed by atoms with Crippen molar-refractivity contribution in [3.63, 3.8) is 0 Å². The summed E-state index contributed by atoms with van der Waals surface area (Å²) in [5.74, 6) is 0.737. The Hall–Kier alpha value is -2.64. The fourth-order valence-corrected chi connectivity index (χ4v) is 5.25. The number of carbonyl (C=O) groups excluding carboxylic acids is 1. The van der Waals surface area contributed by atoms with Crippen LogP contribution >= 0.6 is 15.9 Å². The van der Waals surface area contributed by atoms with Crippen LogP contribution in [0, 0.1) is 0 Å². The van der Waals surface area contributed by atoms with Gasteiger partial charge in [-0.3, -0.25) is 4.79 Å². The minimum atomic E-state index is -3.64. The predicted molar refractivity (Wildman–Crippen MR) is 124 cm³/mol. The standard InChI is InChI=1S/C24H23BrO5S/c1-3-30-23-13-12-20(25)15-24(23)31(27,28)16-17-8-10-18(11-9-17)21(26)14-19-6-4-5-7-22(19)29-2/h4-13,15H,3,14,16H2,1-2H3. The second kappa shape index (κ2) is 10.1. The summed E-state index contributed by atoms with van der Waals surface area (Å²) >= 11 is 3.32. The smallest absolute Gasteiger partial charge is 0.186 e. The molecule has 0 aliphatic carbocycles. The van der Waals surface area contributed by atoms with Crippen LogP contribution in [-0.4, -0.2) is 27.9 Å². The molecule has 0 saturated heterocycles. The first-order valence-electron chi connectivity index (χ1n) is 9.73. The van der Waals surface area contributed by atoms with Gasteiger partial charge in [-0.25, -0.2) is 8.42 Å². The average Bonchev–Trinajstić information content (AvgIpc) is 2.75. The second-order valence-corrected chi connectivity index (χ2v) is 9.77. The molecule has 7 heteroatoms. The second-order valence-electron chi connectivity index (χ2n) is 6.89. The Balaban J connectivity index is 1.77. The van der Waals surface area contributed by atoms with E-state index in [2.05, 4.69) is 15.9 Å². The van der Waals surface area contributed by atoms with E-state index in [0.717, 1.165) is 5.56 Å². The van der Waals surface area contributed by atoms with E-state index in [4.69, 9.17) is 9.47 Å². The van der Waals surface area contributed by atoms with Gasteiger partial charge in [0.25, 0.3) is 0 Å². The minimum Gasteiger partial charge on any atom is -0.496 e. The first kappa shape index (κ1) is 23.0. The highest BCUT2D eigenvalue weighted by atomic mass is 79.9. The Kier molecular flexibility index (Phi) is 7.51.